The van der Waals surface area contributed by atoms with E-state index in [0.717, 1.165) is 24.3 Å². The van der Waals surface area contributed by atoms with E-state index in [1.54, 1.807) is 13.3 Å². The molecule has 0 atom stereocenters. The number of rotatable bonds is 9. The van der Waals surface area contributed by atoms with Gasteiger partial charge in [0.15, 0.2) is 5.11 Å². The molecule has 0 aliphatic rings. The summed E-state index contributed by atoms with van der Waals surface area (Å²) in [4.78, 5) is 0. The van der Waals surface area contributed by atoms with E-state index in [2.05, 4.69) is 22.8 Å². The zero-order valence-electron chi connectivity index (χ0n) is 12.9. The van der Waals surface area contributed by atoms with Gasteiger partial charge in [-0.1, -0.05) is 44.7 Å². The van der Waals surface area contributed by atoms with Gasteiger partial charge in [0, 0.05) is 12.6 Å². The number of ether oxygens (including phenoxy) is 1. The molecule has 0 amide bonds. The van der Waals surface area contributed by atoms with Crippen LogP contribution in [0.5, 0.6) is 5.75 Å². The lowest BCUT2D eigenvalue weighted by Crippen LogP contribution is -2.28. The minimum atomic E-state index is 0.487. The summed E-state index contributed by atoms with van der Waals surface area (Å²) in [5, 5.41) is 7.37. The van der Waals surface area contributed by atoms with Crippen molar-refractivity contribution in [3.63, 3.8) is 0 Å². The summed E-state index contributed by atoms with van der Waals surface area (Å²) >= 11 is 4.96. The molecule has 5 heteroatoms. The van der Waals surface area contributed by atoms with Crippen molar-refractivity contribution in [1.29, 1.82) is 0 Å². The van der Waals surface area contributed by atoms with E-state index >= 15 is 0 Å². The maximum absolute atomic E-state index is 5.83. The molecule has 0 aromatic heterocycles. The van der Waals surface area contributed by atoms with Gasteiger partial charge in [-0.15, -0.1) is 0 Å². The van der Waals surface area contributed by atoms with E-state index < -0.39 is 0 Å². The number of nitrogens with one attached hydrogen (secondary N) is 2. The van der Waals surface area contributed by atoms with E-state index in [9.17, 15) is 0 Å². The van der Waals surface area contributed by atoms with Crippen LogP contribution >= 0.6 is 12.2 Å². The van der Waals surface area contributed by atoms with Crippen LogP contribution < -0.4 is 15.5 Å². The summed E-state index contributed by atoms with van der Waals surface area (Å²) in [5.74, 6) is 0.855. The molecule has 0 heterocycles. The monoisotopic (exact) mass is 307 g/mol. The summed E-state index contributed by atoms with van der Waals surface area (Å²) < 4.78 is 5.83. The van der Waals surface area contributed by atoms with E-state index in [4.69, 9.17) is 17.0 Å². The Balaban J connectivity index is 2.41. The van der Waals surface area contributed by atoms with E-state index in [1.165, 1.54) is 25.7 Å². The van der Waals surface area contributed by atoms with Crippen LogP contribution in [0.15, 0.2) is 29.4 Å². The van der Waals surface area contributed by atoms with Crippen molar-refractivity contribution < 1.29 is 4.74 Å². The molecule has 0 unspecified atom stereocenters. The van der Waals surface area contributed by atoms with E-state index in [1.807, 2.05) is 24.3 Å². The SMILES string of the molecule is CCCCCCCOc1ccccc1/C=N/NC(=S)NC. The lowest BCUT2D eigenvalue weighted by Gasteiger charge is -2.09. The molecule has 1 aromatic carbocycles. The number of hydrogen-bond acceptors (Lipinski definition) is 3. The Hall–Kier alpha value is -1.62. The standard InChI is InChI=1S/C16H25N3OS/c1-3-4-5-6-9-12-20-15-11-8-7-10-14(15)13-18-19-16(21)17-2/h7-8,10-11,13H,3-6,9,12H2,1-2H3,(H2,17,19,21)/b18-13+. The van der Waals surface area contributed by atoms with Crippen LogP contribution in [0.2, 0.25) is 0 Å². The largest absolute Gasteiger partial charge is 0.493 e. The lowest BCUT2D eigenvalue weighted by atomic mass is 10.2. The molecule has 0 aliphatic heterocycles. The Labute approximate surface area is 133 Å². The van der Waals surface area contributed by atoms with Crippen LogP contribution in [-0.2, 0) is 0 Å². The predicted octanol–water partition coefficient (Wildman–Crippen LogP) is 3.46. The summed E-state index contributed by atoms with van der Waals surface area (Å²) in [7, 11) is 1.75. The van der Waals surface area contributed by atoms with E-state index in [0.29, 0.717) is 5.11 Å². The van der Waals surface area contributed by atoms with Crippen LogP contribution in [0.4, 0.5) is 0 Å². The van der Waals surface area contributed by atoms with Crippen molar-refractivity contribution in [2.24, 2.45) is 5.10 Å². The van der Waals surface area contributed by atoms with Gasteiger partial charge in [0.05, 0.1) is 12.8 Å². The second-order valence-corrected chi connectivity index (χ2v) is 5.16. The van der Waals surface area contributed by atoms with E-state index in [-0.39, 0.29) is 0 Å². The Kier molecular flexibility index (Phi) is 9.20. The Morgan fingerprint density at radius 1 is 1.24 bits per heavy atom. The second-order valence-electron chi connectivity index (χ2n) is 4.75. The molecule has 0 radical (unpaired) electrons. The molecule has 0 saturated heterocycles. The molecule has 4 nitrogen and oxygen atoms in total. The minimum Gasteiger partial charge on any atom is -0.493 e. The van der Waals surface area contributed by atoms with Crippen LogP contribution in [0, 0.1) is 0 Å². The topological polar surface area (TPSA) is 45.6 Å². The fourth-order valence-corrected chi connectivity index (χ4v) is 1.88. The lowest BCUT2D eigenvalue weighted by molar-refractivity contribution is 0.304. The highest BCUT2D eigenvalue weighted by atomic mass is 32.1. The van der Waals surface area contributed by atoms with Crippen LogP contribution in [-0.4, -0.2) is 25.0 Å². The fourth-order valence-electron chi connectivity index (χ4n) is 1.82. The fraction of sp³-hybridized carbons (Fsp3) is 0.500. The molecule has 0 spiro atoms. The van der Waals surface area contributed by atoms with Crippen LogP contribution in [0.3, 0.4) is 0 Å². The molecule has 116 valence electrons. The van der Waals surface area contributed by atoms with Crippen molar-refractivity contribution in [3.05, 3.63) is 29.8 Å². The molecule has 1 rings (SSSR count). The van der Waals surface area contributed by atoms with Gasteiger partial charge in [-0.25, -0.2) is 0 Å². The van der Waals surface area contributed by atoms with Crippen molar-refractivity contribution in [3.8, 4) is 5.75 Å². The highest BCUT2D eigenvalue weighted by molar-refractivity contribution is 7.80. The molecule has 0 fully saturated rings. The van der Waals surface area contributed by atoms with Gasteiger partial charge in [-0.3, -0.25) is 5.43 Å². The summed E-state index contributed by atoms with van der Waals surface area (Å²) in [6.45, 7) is 2.97. The Morgan fingerprint density at radius 2 is 2.00 bits per heavy atom. The molecule has 0 aliphatic carbocycles. The van der Waals surface area contributed by atoms with Gasteiger partial charge in [0.1, 0.15) is 5.75 Å². The molecule has 21 heavy (non-hydrogen) atoms. The maximum atomic E-state index is 5.83. The zero-order valence-corrected chi connectivity index (χ0v) is 13.7. The second kappa shape index (κ2) is 11.1. The summed E-state index contributed by atoms with van der Waals surface area (Å²) in [6, 6.07) is 7.87. The number of hydrogen-bond donors (Lipinski definition) is 2. The first-order valence-electron chi connectivity index (χ1n) is 7.50. The first-order chi connectivity index (χ1) is 10.3. The summed E-state index contributed by atoms with van der Waals surface area (Å²) in [5.41, 5.74) is 3.67. The third-order valence-electron chi connectivity index (χ3n) is 3.02. The number of unbranched alkanes of at least 4 members (excludes halogenated alkanes) is 4. The number of benzene rings is 1. The quantitative estimate of drug-likeness (QED) is 0.317. The smallest absolute Gasteiger partial charge is 0.186 e. The predicted molar refractivity (Wildman–Crippen MR) is 93.1 cm³/mol. The number of hydrazone groups is 1. The number of thiocarbonyl (C=S) groups is 1. The van der Waals surface area contributed by atoms with Crippen molar-refractivity contribution >= 4 is 23.5 Å². The van der Waals surface area contributed by atoms with Gasteiger partial charge >= 0.3 is 0 Å². The number of nitrogens with zero attached hydrogens (tertiary/aromatic N) is 1. The third kappa shape index (κ3) is 7.66. The van der Waals surface area contributed by atoms with Crippen molar-refractivity contribution in [2.45, 2.75) is 39.0 Å². The minimum absolute atomic E-state index is 0.487. The Morgan fingerprint density at radius 3 is 2.76 bits per heavy atom. The number of para-hydroxylation sites is 1. The molecule has 1 aromatic rings. The summed E-state index contributed by atoms with van der Waals surface area (Å²) in [6.07, 6.45) is 7.89. The van der Waals surface area contributed by atoms with Gasteiger partial charge in [0.25, 0.3) is 0 Å². The van der Waals surface area contributed by atoms with Gasteiger partial charge in [-0.05, 0) is 30.8 Å². The van der Waals surface area contributed by atoms with Gasteiger partial charge in [-0.2, -0.15) is 5.10 Å². The normalized spacial score (nSPS) is 10.6. The third-order valence-corrected chi connectivity index (χ3v) is 3.32. The van der Waals surface area contributed by atoms with Crippen molar-refractivity contribution in [2.75, 3.05) is 13.7 Å². The van der Waals surface area contributed by atoms with Crippen LogP contribution in [0.25, 0.3) is 0 Å². The molecular weight excluding hydrogens is 282 g/mol. The van der Waals surface area contributed by atoms with Crippen LogP contribution in [0.1, 0.15) is 44.6 Å². The maximum Gasteiger partial charge on any atom is 0.186 e. The van der Waals surface area contributed by atoms with Crippen molar-refractivity contribution in [1.82, 2.24) is 10.7 Å². The first-order valence-corrected chi connectivity index (χ1v) is 7.91. The first kappa shape index (κ1) is 17.4. The molecule has 2 N–H and O–H groups in total. The average Bonchev–Trinajstić information content (AvgIpc) is 2.51. The highest BCUT2D eigenvalue weighted by Gasteiger charge is 2.00. The van der Waals surface area contributed by atoms with Gasteiger partial charge in [0.2, 0.25) is 0 Å². The Bertz CT molecular complexity index is 449. The average molecular weight is 307 g/mol. The van der Waals surface area contributed by atoms with Gasteiger partial charge < -0.3 is 10.1 Å². The zero-order chi connectivity index (χ0) is 15.3. The molecule has 0 bridgehead atoms. The molecule has 0 saturated carbocycles. The molecular formula is C16H25N3OS. The highest BCUT2D eigenvalue weighted by Crippen LogP contribution is 2.16.